The smallest absolute Gasteiger partial charge is 0.141 e. The second kappa shape index (κ2) is 5.87. The monoisotopic (exact) mass is 308 g/mol. The molecule has 0 saturated carbocycles. The summed E-state index contributed by atoms with van der Waals surface area (Å²) in [6.45, 7) is 4.14. The van der Waals surface area contributed by atoms with Crippen molar-refractivity contribution in [2.45, 2.75) is 25.6 Å². The summed E-state index contributed by atoms with van der Waals surface area (Å²) in [5, 5.41) is -0.170. The summed E-state index contributed by atoms with van der Waals surface area (Å²) >= 11 is 9.50. The molecular weight excluding hydrogens is 294 g/mol. The Labute approximate surface area is 109 Å². The van der Waals surface area contributed by atoms with Crippen molar-refractivity contribution in [1.82, 2.24) is 0 Å². The summed E-state index contributed by atoms with van der Waals surface area (Å²) in [5.74, 6) is 0.475. The molecule has 0 spiro atoms. The third-order valence-electron chi connectivity index (χ3n) is 2.71. The number of methoxy groups -OCH3 is 1. The van der Waals surface area contributed by atoms with Gasteiger partial charge in [-0.2, -0.15) is 0 Å². The fraction of sp³-hybridized carbons (Fsp3) is 0.500. The molecule has 0 fully saturated rings. The predicted molar refractivity (Wildman–Crippen MR) is 68.7 cm³/mol. The van der Waals surface area contributed by atoms with E-state index in [0.717, 1.165) is 12.0 Å². The summed E-state index contributed by atoms with van der Waals surface area (Å²) in [7, 11) is 1.52. The molecule has 0 bridgehead atoms. The standard InChI is InChI=1S/C12H15BrClFO/c1-4-7(2)12(14)8-5-9(13)10(15)6-11(8)16-3/h5-7,12H,4H2,1-3H3. The average molecular weight is 310 g/mol. The summed E-state index contributed by atoms with van der Waals surface area (Å²) < 4.78 is 18.9. The predicted octanol–water partition coefficient (Wildman–Crippen LogP) is 4.92. The maximum absolute atomic E-state index is 13.3. The molecule has 1 nitrogen and oxygen atoms in total. The molecule has 4 heteroatoms. The normalized spacial score (nSPS) is 14.6. The molecule has 1 rings (SSSR count). The van der Waals surface area contributed by atoms with Gasteiger partial charge in [0.2, 0.25) is 0 Å². The molecule has 2 unspecified atom stereocenters. The van der Waals surface area contributed by atoms with E-state index in [0.29, 0.717) is 16.1 Å². The second-order valence-electron chi connectivity index (χ2n) is 3.80. The summed E-state index contributed by atoms with van der Waals surface area (Å²) in [4.78, 5) is 0. The lowest BCUT2D eigenvalue weighted by Crippen LogP contribution is -2.05. The lowest BCUT2D eigenvalue weighted by molar-refractivity contribution is 0.399. The molecule has 1 aromatic carbocycles. The van der Waals surface area contributed by atoms with Crippen LogP contribution in [0, 0.1) is 11.7 Å². The highest BCUT2D eigenvalue weighted by Crippen LogP contribution is 2.38. The Morgan fingerprint density at radius 2 is 2.12 bits per heavy atom. The minimum Gasteiger partial charge on any atom is -0.496 e. The van der Waals surface area contributed by atoms with Gasteiger partial charge in [0.25, 0.3) is 0 Å². The number of ether oxygens (including phenoxy) is 1. The zero-order valence-electron chi connectivity index (χ0n) is 9.56. The van der Waals surface area contributed by atoms with Crippen molar-refractivity contribution in [3.05, 3.63) is 28.0 Å². The molecule has 1 aromatic rings. The Kier molecular flexibility index (Phi) is 5.06. The molecule has 90 valence electrons. The maximum atomic E-state index is 13.3. The van der Waals surface area contributed by atoms with E-state index in [-0.39, 0.29) is 11.2 Å². The summed E-state index contributed by atoms with van der Waals surface area (Å²) in [6.07, 6.45) is 0.965. The molecule has 0 N–H and O–H groups in total. The first-order valence-electron chi connectivity index (χ1n) is 5.18. The van der Waals surface area contributed by atoms with Crippen molar-refractivity contribution in [2.75, 3.05) is 7.11 Å². The van der Waals surface area contributed by atoms with Crippen LogP contribution in [0.5, 0.6) is 5.75 Å². The van der Waals surface area contributed by atoms with Crippen molar-refractivity contribution in [3.63, 3.8) is 0 Å². The number of hydrogen-bond acceptors (Lipinski definition) is 1. The Bertz CT molecular complexity index is 370. The van der Waals surface area contributed by atoms with Crippen LogP contribution in [0.25, 0.3) is 0 Å². The Balaban J connectivity index is 3.16. The van der Waals surface area contributed by atoms with E-state index < -0.39 is 0 Å². The topological polar surface area (TPSA) is 9.23 Å². The van der Waals surface area contributed by atoms with Crippen molar-refractivity contribution in [1.29, 1.82) is 0 Å². The van der Waals surface area contributed by atoms with E-state index in [1.807, 2.05) is 0 Å². The molecule has 0 heterocycles. The highest BCUT2D eigenvalue weighted by molar-refractivity contribution is 9.10. The van der Waals surface area contributed by atoms with Gasteiger partial charge in [-0.05, 0) is 27.9 Å². The van der Waals surface area contributed by atoms with Crippen molar-refractivity contribution < 1.29 is 9.13 Å². The molecule has 16 heavy (non-hydrogen) atoms. The summed E-state index contributed by atoms with van der Waals surface area (Å²) in [5.41, 5.74) is 0.826. The third-order valence-corrected chi connectivity index (χ3v) is 3.99. The fourth-order valence-electron chi connectivity index (χ4n) is 1.45. The van der Waals surface area contributed by atoms with Gasteiger partial charge in [0.15, 0.2) is 0 Å². The highest BCUT2D eigenvalue weighted by atomic mass is 79.9. The van der Waals surface area contributed by atoms with E-state index in [9.17, 15) is 4.39 Å². The first-order valence-corrected chi connectivity index (χ1v) is 6.41. The Morgan fingerprint density at radius 1 is 1.50 bits per heavy atom. The molecule has 0 amide bonds. The minimum absolute atomic E-state index is 0.170. The van der Waals surface area contributed by atoms with Crippen LogP contribution >= 0.6 is 27.5 Å². The van der Waals surface area contributed by atoms with Gasteiger partial charge in [0.05, 0.1) is 17.0 Å². The van der Waals surface area contributed by atoms with Crippen molar-refractivity contribution in [3.8, 4) is 5.75 Å². The molecular formula is C12H15BrClFO. The van der Waals surface area contributed by atoms with Crippen LogP contribution in [-0.4, -0.2) is 7.11 Å². The zero-order valence-corrected chi connectivity index (χ0v) is 11.9. The van der Waals surface area contributed by atoms with E-state index in [2.05, 4.69) is 29.8 Å². The van der Waals surface area contributed by atoms with Crippen LogP contribution in [0.4, 0.5) is 4.39 Å². The molecule has 2 atom stereocenters. The van der Waals surface area contributed by atoms with Gasteiger partial charge in [-0.3, -0.25) is 0 Å². The zero-order chi connectivity index (χ0) is 12.3. The SMILES string of the molecule is CCC(C)C(Cl)c1cc(Br)c(F)cc1OC. The van der Waals surface area contributed by atoms with Crippen LogP contribution < -0.4 is 4.74 Å². The fourth-order valence-corrected chi connectivity index (χ4v) is 2.16. The lowest BCUT2D eigenvalue weighted by atomic mass is 9.97. The maximum Gasteiger partial charge on any atom is 0.141 e. The number of rotatable bonds is 4. The van der Waals surface area contributed by atoms with Gasteiger partial charge in [-0.25, -0.2) is 4.39 Å². The first kappa shape index (κ1) is 13.8. The molecule has 0 aliphatic carbocycles. The van der Waals surface area contributed by atoms with Crippen LogP contribution in [-0.2, 0) is 0 Å². The van der Waals surface area contributed by atoms with Crippen molar-refractivity contribution >= 4 is 27.5 Å². The number of benzene rings is 1. The van der Waals surface area contributed by atoms with E-state index >= 15 is 0 Å². The minimum atomic E-state index is -0.339. The number of hydrogen-bond donors (Lipinski definition) is 0. The van der Waals surface area contributed by atoms with Gasteiger partial charge in [-0.15, -0.1) is 11.6 Å². The van der Waals surface area contributed by atoms with Gasteiger partial charge >= 0.3 is 0 Å². The average Bonchev–Trinajstić information content (AvgIpc) is 2.30. The largest absolute Gasteiger partial charge is 0.496 e. The molecule has 0 saturated heterocycles. The van der Waals surface area contributed by atoms with E-state index in [1.54, 1.807) is 6.07 Å². The number of halogens is 3. The van der Waals surface area contributed by atoms with Gasteiger partial charge in [0, 0.05) is 11.6 Å². The third kappa shape index (κ3) is 2.89. The first-order chi connectivity index (χ1) is 7.51. The van der Waals surface area contributed by atoms with E-state index in [1.165, 1.54) is 13.2 Å². The van der Waals surface area contributed by atoms with Gasteiger partial charge in [-0.1, -0.05) is 20.3 Å². The Morgan fingerprint density at radius 3 is 2.62 bits per heavy atom. The lowest BCUT2D eigenvalue weighted by Gasteiger charge is -2.19. The second-order valence-corrected chi connectivity index (χ2v) is 5.12. The van der Waals surface area contributed by atoms with Crippen LogP contribution in [0.2, 0.25) is 0 Å². The Hall–Kier alpha value is -0.280. The summed E-state index contributed by atoms with van der Waals surface area (Å²) in [6, 6.07) is 3.05. The molecule has 0 aromatic heterocycles. The van der Waals surface area contributed by atoms with Gasteiger partial charge in [0.1, 0.15) is 11.6 Å². The van der Waals surface area contributed by atoms with Gasteiger partial charge < -0.3 is 4.74 Å². The van der Waals surface area contributed by atoms with E-state index in [4.69, 9.17) is 16.3 Å². The van der Waals surface area contributed by atoms with Crippen LogP contribution in [0.15, 0.2) is 16.6 Å². The van der Waals surface area contributed by atoms with Crippen LogP contribution in [0.3, 0.4) is 0 Å². The van der Waals surface area contributed by atoms with Crippen molar-refractivity contribution in [2.24, 2.45) is 5.92 Å². The highest BCUT2D eigenvalue weighted by Gasteiger charge is 2.20. The van der Waals surface area contributed by atoms with Crippen LogP contribution in [0.1, 0.15) is 31.2 Å². The number of alkyl halides is 1. The molecule has 0 aliphatic heterocycles. The molecule has 0 aliphatic rings. The molecule has 0 radical (unpaired) electrons. The quantitative estimate of drug-likeness (QED) is 0.717.